The van der Waals surface area contributed by atoms with E-state index in [2.05, 4.69) is 26.8 Å². The molecule has 0 amide bonds. The van der Waals surface area contributed by atoms with Gasteiger partial charge in [0.1, 0.15) is 6.61 Å². The fourth-order valence-electron chi connectivity index (χ4n) is 2.14. The maximum absolute atomic E-state index is 11.8. The molecule has 0 radical (unpaired) electrons. The molecule has 1 aliphatic carbocycles. The second-order valence-corrected chi connectivity index (χ2v) is 6.46. The molecular weight excluding hydrogens is 248 g/mol. The quantitative estimate of drug-likeness (QED) is 0.437. The van der Waals surface area contributed by atoms with Crippen molar-refractivity contribution in [1.29, 1.82) is 0 Å². The molecule has 0 aromatic heterocycles. The first-order valence-electron chi connectivity index (χ1n) is 6.30. The molecule has 0 bridgehead atoms. The van der Waals surface area contributed by atoms with Gasteiger partial charge in [-0.2, -0.15) is 0 Å². The number of ether oxygens (including phenoxy) is 1. The lowest BCUT2D eigenvalue weighted by atomic mass is 9.76. The maximum Gasteiger partial charge on any atom is 0.302 e. The SMILES string of the molecule is CC(=O)OCCSC(=O)C[C@@H]1CC=C(C)C1(C)C. The van der Waals surface area contributed by atoms with E-state index in [9.17, 15) is 9.59 Å². The summed E-state index contributed by atoms with van der Waals surface area (Å²) in [4.78, 5) is 22.4. The fraction of sp³-hybridized carbons (Fsp3) is 0.714. The first-order valence-corrected chi connectivity index (χ1v) is 7.29. The van der Waals surface area contributed by atoms with Crippen LogP contribution in [0.2, 0.25) is 0 Å². The Labute approximate surface area is 113 Å². The predicted molar refractivity (Wildman–Crippen MR) is 74.4 cm³/mol. The van der Waals surface area contributed by atoms with Crippen LogP contribution in [0.3, 0.4) is 0 Å². The van der Waals surface area contributed by atoms with Gasteiger partial charge in [0.05, 0.1) is 0 Å². The molecule has 0 spiro atoms. The first kappa shape index (κ1) is 15.3. The normalized spacial score (nSPS) is 21.6. The topological polar surface area (TPSA) is 43.4 Å². The van der Waals surface area contributed by atoms with Crippen LogP contribution in [0.1, 0.15) is 40.5 Å². The monoisotopic (exact) mass is 270 g/mol. The van der Waals surface area contributed by atoms with Crippen molar-refractivity contribution in [2.45, 2.75) is 40.5 Å². The molecule has 0 unspecified atom stereocenters. The molecule has 0 saturated heterocycles. The zero-order valence-corrected chi connectivity index (χ0v) is 12.4. The van der Waals surface area contributed by atoms with E-state index in [-0.39, 0.29) is 16.5 Å². The van der Waals surface area contributed by atoms with Crippen LogP contribution >= 0.6 is 11.8 Å². The van der Waals surface area contributed by atoms with Gasteiger partial charge >= 0.3 is 5.97 Å². The summed E-state index contributed by atoms with van der Waals surface area (Å²) in [6.45, 7) is 8.23. The molecule has 1 rings (SSSR count). The number of hydrogen-bond acceptors (Lipinski definition) is 4. The van der Waals surface area contributed by atoms with Gasteiger partial charge in [-0.25, -0.2) is 0 Å². The molecule has 1 atom stereocenters. The van der Waals surface area contributed by atoms with Gasteiger partial charge < -0.3 is 4.74 Å². The van der Waals surface area contributed by atoms with E-state index in [1.165, 1.54) is 24.3 Å². The second-order valence-electron chi connectivity index (χ2n) is 5.31. The van der Waals surface area contributed by atoms with Crippen molar-refractivity contribution in [3.05, 3.63) is 11.6 Å². The second kappa shape index (κ2) is 6.41. The lowest BCUT2D eigenvalue weighted by molar-refractivity contribution is -0.140. The number of carbonyl (C=O) groups is 2. The lowest BCUT2D eigenvalue weighted by Gasteiger charge is -2.29. The first-order chi connectivity index (χ1) is 8.34. The Bertz CT molecular complexity index is 358. The Morgan fingerprint density at radius 1 is 1.50 bits per heavy atom. The Balaban J connectivity index is 2.27. The summed E-state index contributed by atoms with van der Waals surface area (Å²) >= 11 is 1.27. The largest absolute Gasteiger partial charge is 0.465 e. The van der Waals surface area contributed by atoms with Crippen molar-refractivity contribution in [1.82, 2.24) is 0 Å². The van der Waals surface area contributed by atoms with E-state index in [0.29, 0.717) is 24.7 Å². The molecule has 102 valence electrons. The molecule has 0 aliphatic heterocycles. The summed E-state index contributed by atoms with van der Waals surface area (Å²) < 4.78 is 4.80. The summed E-state index contributed by atoms with van der Waals surface area (Å²) in [7, 11) is 0. The summed E-state index contributed by atoms with van der Waals surface area (Å²) in [5.74, 6) is 0.670. The van der Waals surface area contributed by atoms with Crippen molar-refractivity contribution in [2.75, 3.05) is 12.4 Å². The highest BCUT2D eigenvalue weighted by atomic mass is 32.2. The Morgan fingerprint density at radius 3 is 2.67 bits per heavy atom. The van der Waals surface area contributed by atoms with Crippen LogP contribution in [-0.2, 0) is 14.3 Å². The Hall–Kier alpha value is -0.770. The Morgan fingerprint density at radius 2 is 2.17 bits per heavy atom. The number of allylic oxidation sites excluding steroid dienone is 2. The number of esters is 1. The molecule has 0 fully saturated rings. The smallest absolute Gasteiger partial charge is 0.302 e. The Kier molecular flexibility index (Phi) is 5.45. The fourth-order valence-corrected chi connectivity index (χ4v) is 2.85. The maximum atomic E-state index is 11.8. The summed E-state index contributed by atoms with van der Waals surface area (Å²) in [5.41, 5.74) is 1.51. The zero-order valence-electron chi connectivity index (χ0n) is 11.6. The molecule has 0 aromatic rings. The van der Waals surface area contributed by atoms with E-state index in [0.717, 1.165) is 6.42 Å². The van der Waals surface area contributed by atoms with Gasteiger partial charge in [-0.15, -0.1) is 0 Å². The molecule has 18 heavy (non-hydrogen) atoms. The van der Waals surface area contributed by atoms with Crippen molar-refractivity contribution in [2.24, 2.45) is 11.3 Å². The molecular formula is C14H22O3S. The minimum absolute atomic E-state index is 0.131. The zero-order chi connectivity index (χ0) is 13.8. The van der Waals surface area contributed by atoms with Crippen LogP contribution in [-0.4, -0.2) is 23.4 Å². The molecule has 1 aliphatic rings. The van der Waals surface area contributed by atoms with Gasteiger partial charge in [0.25, 0.3) is 0 Å². The summed E-state index contributed by atoms with van der Waals surface area (Å²) in [6.07, 6.45) is 3.84. The van der Waals surface area contributed by atoms with Gasteiger partial charge in [-0.05, 0) is 24.7 Å². The van der Waals surface area contributed by atoms with Gasteiger partial charge in [-0.3, -0.25) is 9.59 Å². The number of hydrogen-bond donors (Lipinski definition) is 0. The average Bonchev–Trinajstić information content (AvgIpc) is 2.51. The van der Waals surface area contributed by atoms with Gasteiger partial charge in [0.2, 0.25) is 0 Å². The van der Waals surface area contributed by atoms with E-state index in [1.54, 1.807) is 0 Å². The highest BCUT2D eigenvalue weighted by Gasteiger charge is 2.35. The summed E-state index contributed by atoms with van der Waals surface area (Å²) in [5, 5.41) is 0.198. The third-order valence-electron chi connectivity index (χ3n) is 3.81. The van der Waals surface area contributed by atoms with Gasteiger partial charge in [0.15, 0.2) is 5.12 Å². The standard InChI is InChI=1S/C14H22O3S/c1-10-5-6-12(14(10,3)4)9-13(16)18-8-7-17-11(2)15/h5,12H,6-9H2,1-4H3/t12-/m0/s1. The van der Waals surface area contributed by atoms with E-state index < -0.39 is 0 Å². The van der Waals surface area contributed by atoms with Crippen LogP contribution in [0.5, 0.6) is 0 Å². The van der Waals surface area contributed by atoms with E-state index >= 15 is 0 Å². The van der Waals surface area contributed by atoms with Crippen LogP contribution in [0.25, 0.3) is 0 Å². The minimum Gasteiger partial charge on any atom is -0.465 e. The molecule has 0 N–H and O–H groups in total. The van der Waals surface area contributed by atoms with Crippen LogP contribution in [0.15, 0.2) is 11.6 Å². The van der Waals surface area contributed by atoms with Crippen LogP contribution in [0, 0.1) is 11.3 Å². The summed E-state index contributed by atoms with van der Waals surface area (Å²) in [6, 6.07) is 0. The third-order valence-corrected chi connectivity index (χ3v) is 4.67. The van der Waals surface area contributed by atoms with Crippen LogP contribution in [0.4, 0.5) is 0 Å². The minimum atomic E-state index is -0.292. The van der Waals surface area contributed by atoms with Crippen molar-refractivity contribution in [3.8, 4) is 0 Å². The highest BCUT2D eigenvalue weighted by molar-refractivity contribution is 8.13. The molecule has 4 heteroatoms. The molecule has 3 nitrogen and oxygen atoms in total. The number of rotatable bonds is 5. The molecule has 0 heterocycles. The molecule has 0 aromatic carbocycles. The van der Waals surface area contributed by atoms with Gasteiger partial charge in [0, 0.05) is 19.1 Å². The van der Waals surface area contributed by atoms with Crippen molar-refractivity contribution < 1.29 is 14.3 Å². The average molecular weight is 270 g/mol. The van der Waals surface area contributed by atoms with Crippen LogP contribution < -0.4 is 0 Å². The number of thioether (sulfide) groups is 1. The van der Waals surface area contributed by atoms with E-state index in [1.807, 2.05) is 0 Å². The van der Waals surface area contributed by atoms with Gasteiger partial charge in [-0.1, -0.05) is 37.3 Å². The third kappa shape index (κ3) is 4.16. The lowest BCUT2D eigenvalue weighted by Crippen LogP contribution is -2.22. The molecule has 0 saturated carbocycles. The number of carbonyl (C=O) groups excluding carboxylic acids is 2. The van der Waals surface area contributed by atoms with Crippen molar-refractivity contribution >= 4 is 22.8 Å². The van der Waals surface area contributed by atoms with E-state index in [4.69, 9.17) is 4.74 Å². The van der Waals surface area contributed by atoms with Crippen molar-refractivity contribution in [3.63, 3.8) is 0 Å². The predicted octanol–water partition coefficient (Wildman–Crippen LogP) is 3.19. The highest BCUT2D eigenvalue weighted by Crippen LogP contribution is 2.45.